The summed E-state index contributed by atoms with van der Waals surface area (Å²) >= 11 is 14.2. The SMILES string of the molecule is CC[C@H](CC=O)n1c2ccc(Br)cc2c2cc(Br)ccc21.CC[C@H](CC=O)n1c2ccc(Br)cc2c2cc(Br)ccc21. The van der Waals surface area contributed by atoms with E-state index >= 15 is 0 Å². The second kappa shape index (κ2) is 13.6. The largest absolute Gasteiger partial charge is 0.337 e. The summed E-state index contributed by atoms with van der Waals surface area (Å²) in [5.74, 6) is 0. The lowest BCUT2D eigenvalue weighted by Crippen LogP contribution is -2.08. The van der Waals surface area contributed by atoms with E-state index in [4.69, 9.17) is 0 Å². The van der Waals surface area contributed by atoms with Crippen LogP contribution in [-0.4, -0.2) is 21.7 Å². The summed E-state index contributed by atoms with van der Waals surface area (Å²) in [6.45, 7) is 4.26. The maximum absolute atomic E-state index is 11.0. The van der Waals surface area contributed by atoms with E-state index in [-0.39, 0.29) is 12.1 Å². The fourth-order valence-electron chi connectivity index (χ4n) is 5.91. The Labute approximate surface area is 279 Å². The van der Waals surface area contributed by atoms with Gasteiger partial charge in [-0.3, -0.25) is 0 Å². The molecule has 0 aliphatic carbocycles. The van der Waals surface area contributed by atoms with Crippen molar-refractivity contribution < 1.29 is 9.59 Å². The van der Waals surface area contributed by atoms with Gasteiger partial charge in [0.1, 0.15) is 12.6 Å². The lowest BCUT2D eigenvalue weighted by atomic mass is 10.1. The van der Waals surface area contributed by atoms with Crippen molar-refractivity contribution in [2.45, 2.75) is 51.6 Å². The van der Waals surface area contributed by atoms with Crippen LogP contribution in [0.15, 0.2) is 90.7 Å². The highest BCUT2D eigenvalue weighted by Gasteiger charge is 2.18. The van der Waals surface area contributed by atoms with Crippen molar-refractivity contribution in [1.82, 2.24) is 9.13 Å². The standard InChI is InChI=1S/2C17H15Br2NO/c2*1-2-13(7-8-21)20-16-5-3-11(18)9-14(16)15-10-12(19)4-6-17(15)20/h2*3-6,8-10,13H,2,7H2,1H3/t2*13-/m11/s1. The molecule has 0 amide bonds. The van der Waals surface area contributed by atoms with Crippen molar-refractivity contribution in [3.05, 3.63) is 90.7 Å². The lowest BCUT2D eigenvalue weighted by Gasteiger charge is -2.17. The van der Waals surface area contributed by atoms with Gasteiger partial charge in [0.15, 0.2) is 0 Å². The van der Waals surface area contributed by atoms with Crippen molar-refractivity contribution in [2.75, 3.05) is 0 Å². The van der Waals surface area contributed by atoms with Gasteiger partial charge in [0.05, 0.1) is 0 Å². The van der Waals surface area contributed by atoms with Gasteiger partial charge in [-0.25, -0.2) is 0 Å². The molecular formula is C34H30Br4N2O2. The Kier molecular flexibility index (Phi) is 10.1. The van der Waals surface area contributed by atoms with Crippen molar-refractivity contribution >= 4 is 120 Å². The van der Waals surface area contributed by atoms with Gasteiger partial charge in [0, 0.05) is 86.4 Å². The first kappa shape index (κ1) is 31.2. The average molecular weight is 818 g/mol. The number of carbonyl (C=O) groups is 2. The molecule has 0 aliphatic heterocycles. The van der Waals surface area contributed by atoms with Crippen molar-refractivity contribution in [3.63, 3.8) is 0 Å². The van der Waals surface area contributed by atoms with Gasteiger partial charge in [0.25, 0.3) is 0 Å². The molecule has 0 spiro atoms. The van der Waals surface area contributed by atoms with E-state index in [9.17, 15) is 9.59 Å². The number of halogens is 4. The van der Waals surface area contributed by atoms with E-state index in [0.29, 0.717) is 12.8 Å². The smallest absolute Gasteiger partial charge is 0.122 e. The van der Waals surface area contributed by atoms with Gasteiger partial charge in [0.2, 0.25) is 0 Å². The molecular weight excluding hydrogens is 788 g/mol. The average Bonchev–Trinajstić information content (AvgIpc) is 3.46. The third kappa shape index (κ3) is 6.05. The Morgan fingerprint density at radius 1 is 0.524 bits per heavy atom. The van der Waals surface area contributed by atoms with E-state index in [0.717, 1.165) is 43.3 Å². The number of hydrogen-bond donors (Lipinski definition) is 0. The first-order chi connectivity index (χ1) is 20.3. The molecule has 0 aliphatic rings. The van der Waals surface area contributed by atoms with Crippen LogP contribution < -0.4 is 0 Å². The Bertz CT molecular complexity index is 1670. The highest BCUT2D eigenvalue weighted by atomic mass is 79.9. The number of rotatable bonds is 8. The van der Waals surface area contributed by atoms with E-state index in [1.54, 1.807) is 0 Å². The topological polar surface area (TPSA) is 44.0 Å². The Morgan fingerprint density at radius 3 is 1.00 bits per heavy atom. The number of aromatic nitrogens is 2. The molecule has 8 heteroatoms. The molecule has 216 valence electrons. The quantitative estimate of drug-likeness (QED) is 0.144. The maximum atomic E-state index is 11.0. The molecule has 0 unspecified atom stereocenters. The fraction of sp³-hybridized carbons (Fsp3) is 0.235. The Balaban J connectivity index is 0.000000168. The predicted octanol–water partition coefficient (Wildman–Crippen LogP) is 11.7. The van der Waals surface area contributed by atoms with Crippen molar-refractivity contribution in [3.8, 4) is 0 Å². The highest BCUT2D eigenvalue weighted by molar-refractivity contribution is 9.11. The first-order valence-corrected chi connectivity index (χ1v) is 17.1. The Hall–Kier alpha value is -2.26. The van der Waals surface area contributed by atoms with Gasteiger partial charge in [-0.1, -0.05) is 77.6 Å². The first-order valence-electron chi connectivity index (χ1n) is 14.0. The molecule has 42 heavy (non-hydrogen) atoms. The van der Waals surface area contributed by atoms with Crippen molar-refractivity contribution in [1.29, 1.82) is 0 Å². The number of hydrogen-bond acceptors (Lipinski definition) is 2. The molecule has 6 aromatic rings. The zero-order valence-corrected chi connectivity index (χ0v) is 29.6. The molecule has 2 heterocycles. The van der Waals surface area contributed by atoms with Crippen molar-refractivity contribution in [2.24, 2.45) is 0 Å². The molecule has 0 N–H and O–H groups in total. The normalized spacial score (nSPS) is 12.9. The molecule has 4 aromatic carbocycles. The van der Waals surface area contributed by atoms with Gasteiger partial charge in [-0.2, -0.15) is 0 Å². The maximum Gasteiger partial charge on any atom is 0.122 e. The highest BCUT2D eigenvalue weighted by Crippen LogP contribution is 2.38. The summed E-state index contributed by atoms with van der Waals surface area (Å²) in [6.07, 6.45) is 4.99. The van der Waals surface area contributed by atoms with Crippen LogP contribution in [0.5, 0.6) is 0 Å². The van der Waals surface area contributed by atoms with Crippen LogP contribution in [0.25, 0.3) is 43.6 Å². The van der Waals surface area contributed by atoms with Crippen LogP contribution in [0.2, 0.25) is 0 Å². The summed E-state index contributed by atoms with van der Waals surface area (Å²) in [5.41, 5.74) is 4.72. The summed E-state index contributed by atoms with van der Waals surface area (Å²) in [4.78, 5) is 22.0. The van der Waals surface area contributed by atoms with Crippen LogP contribution in [0, 0.1) is 0 Å². The molecule has 2 atom stereocenters. The minimum atomic E-state index is 0.199. The molecule has 0 radical (unpaired) electrons. The minimum absolute atomic E-state index is 0.199. The van der Waals surface area contributed by atoms with Gasteiger partial charge >= 0.3 is 0 Å². The second-order valence-corrected chi connectivity index (χ2v) is 14.0. The predicted molar refractivity (Wildman–Crippen MR) is 190 cm³/mol. The van der Waals surface area contributed by atoms with Crippen LogP contribution in [0.4, 0.5) is 0 Å². The van der Waals surface area contributed by atoms with Gasteiger partial charge in [-0.05, 0) is 85.6 Å². The summed E-state index contributed by atoms with van der Waals surface area (Å²) in [7, 11) is 0. The van der Waals surface area contributed by atoms with Crippen LogP contribution in [-0.2, 0) is 9.59 Å². The van der Waals surface area contributed by atoms with E-state index in [2.05, 4.69) is 159 Å². The molecule has 0 fully saturated rings. The summed E-state index contributed by atoms with van der Waals surface area (Å²) in [5, 5.41) is 4.85. The number of carbonyl (C=O) groups excluding carboxylic acids is 2. The number of fused-ring (bicyclic) bond motifs is 6. The van der Waals surface area contributed by atoms with E-state index in [1.165, 1.54) is 43.6 Å². The van der Waals surface area contributed by atoms with Crippen LogP contribution in [0.3, 0.4) is 0 Å². The summed E-state index contributed by atoms with van der Waals surface area (Å²) in [6, 6.07) is 25.7. The minimum Gasteiger partial charge on any atom is -0.337 e. The van der Waals surface area contributed by atoms with Crippen LogP contribution in [0.1, 0.15) is 51.6 Å². The zero-order chi connectivity index (χ0) is 30.0. The van der Waals surface area contributed by atoms with Gasteiger partial charge < -0.3 is 18.7 Å². The van der Waals surface area contributed by atoms with Gasteiger partial charge in [-0.15, -0.1) is 0 Å². The Morgan fingerprint density at radius 2 is 0.786 bits per heavy atom. The summed E-state index contributed by atoms with van der Waals surface area (Å²) < 4.78 is 8.88. The molecule has 0 saturated carbocycles. The second-order valence-electron chi connectivity index (χ2n) is 10.3. The molecule has 0 saturated heterocycles. The van der Waals surface area contributed by atoms with Crippen LogP contribution >= 0.6 is 63.7 Å². The number of benzene rings is 4. The van der Waals surface area contributed by atoms with E-state index < -0.39 is 0 Å². The lowest BCUT2D eigenvalue weighted by molar-refractivity contribution is -0.109. The molecule has 2 aromatic heterocycles. The molecule has 6 rings (SSSR count). The third-order valence-corrected chi connectivity index (χ3v) is 9.84. The number of aldehydes is 2. The number of nitrogens with zero attached hydrogens (tertiary/aromatic N) is 2. The monoisotopic (exact) mass is 814 g/mol. The molecule has 4 nitrogen and oxygen atoms in total. The fourth-order valence-corrected chi connectivity index (χ4v) is 7.36. The third-order valence-electron chi connectivity index (χ3n) is 7.86. The molecule has 0 bridgehead atoms. The van der Waals surface area contributed by atoms with E-state index in [1.807, 2.05) is 0 Å². The zero-order valence-electron chi connectivity index (χ0n) is 23.3.